The summed E-state index contributed by atoms with van der Waals surface area (Å²) >= 11 is 0. The van der Waals surface area contributed by atoms with Crippen LogP contribution in [0.1, 0.15) is 219 Å². The lowest BCUT2D eigenvalue weighted by atomic mass is 9.93. The first-order chi connectivity index (χ1) is 72.5. The Labute approximate surface area is 874 Å². The maximum absolute atomic E-state index is 15.1. The van der Waals surface area contributed by atoms with Gasteiger partial charge in [-0.1, -0.05) is 81.0 Å². The van der Waals surface area contributed by atoms with Gasteiger partial charge in [-0.25, -0.2) is 57.5 Å². The molecule has 10 aromatic rings. The quantitative estimate of drug-likeness (QED) is 0.00853. The van der Waals surface area contributed by atoms with Crippen molar-refractivity contribution in [2.45, 2.75) is 157 Å². The predicted octanol–water partition coefficient (Wildman–Crippen LogP) is 23.9. The lowest BCUT2D eigenvalue weighted by molar-refractivity contribution is -0.138. The third-order valence-corrected chi connectivity index (χ3v) is 24.7. The third kappa shape index (κ3) is 38.6. The van der Waals surface area contributed by atoms with Gasteiger partial charge in [0, 0.05) is 36.5 Å². The summed E-state index contributed by atoms with van der Waals surface area (Å²) in [5.41, 5.74) is 0.118. The molecule has 10 rings (SSSR count). The van der Waals surface area contributed by atoms with Gasteiger partial charge in [-0.3, -0.25) is 0 Å². The van der Waals surface area contributed by atoms with E-state index in [1.54, 1.807) is 72.8 Å². The van der Waals surface area contributed by atoms with Gasteiger partial charge < -0.3 is 85.3 Å². The molecule has 0 radical (unpaired) electrons. The number of carbonyl (C=O) groups excluding carboxylic acids is 12. The molecule has 0 amide bonds. The van der Waals surface area contributed by atoms with E-state index in [0.29, 0.717) is 151 Å². The van der Waals surface area contributed by atoms with E-state index in [-0.39, 0.29) is 175 Å². The molecule has 30 nitrogen and oxygen atoms in total. The molecule has 0 bridgehead atoms. The van der Waals surface area contributed by atoms with Crippen molar-refractivity contribution in [3.8, 4) is 69.0 Å². The third-order valence-electron chi connectivity index (χ3n) is 24.7. The first-order valence-electron chi connectivity index (χ1n) is 50.5. The van der Waals surface area contributed by atoms with E-state index >= 15 is 28.8 Å². The van der Waals surface area contributed by atoms with Crippen molar-refractivity contribution in [3.05, 3.63) is 291 Å². The van der Waals surface area contributed by atoms with E-state index in [0.717, 1.165) is 75.0 Å². The summed E-state index contributed by atoms with van der Waals surface area (Å²) in [4.78, 5) is 161. The highest BCUT2D eigenvalue weighted by Gasteiger charge is 2.29. The second-order valence-corrected chi connectivity index (χ2v) is 36.6. The minimum absolute atomic E-state index is 0.0196. The fourth-order valence-corrected chi connectivity index (χ4v) is 15.7. The standard InChI is InChI=1S/C120H132O30/c1-13-109(121)139-61-19-25-79(7)55-67-133-91-43-31-85(32-44-91)115(127)145-103-73-97-98(74-104(103)146-116(128)86-33-45-92(46-34-86)134-68-56-80(8)26-20-62-140-110(122)14-2)100-76-106(148-118(130)88-37-49-94(50-38-88)136-70-58-82(10)28-22-64-142-112(124)16-4)108(150-120(132)90-41-53-96(54-42-90)138-72-60-84(12)30-24-66-144-114(126)18-6)78-102(100)101-77-107(149-119(131)89-39-51-95(52-40-89)137-71-59-83(11)29-23-65-143-113(125)17-5)105(75-99(97)101)147-117(129)87-35-47-93(48-36-87)135-69-57-81(9)27-21-63-141-111(123)15-3/h13-18,31-54,73-84H,1-6,19-30,55-72H2,7-12H3/t79-,80?,81?,82?,83?,84?/m0/s1. The molecule has 0 aliphatic heterocycles. The SMILES string of the molecule is C=CC(=O)OCCCC(C)CCOc1ccc(C(=O)Oc2cc3c4cc(OC(=O)c5ccc(OCCC(C)CCCOC(=O)C=C)cc5)c(OC(=O)c5ccc(OCCC(C)CCCOC(=O)C=C)cc5)cc4c4cc(OC(=O)c5ccc(OCC[C@@H](C)CCCOC(=O)C=C)cc5)c(OC(=O)c5ccc(OCCC(C)CCCOC(=O)C=C)cc5)cc4c3cc2OC(=O)c2ccc(OCCC(C)CCCOC(=O)C=C)cc2)cc1. The zero-order valence-electron chi connectivity index (χ0n) is 86.0. The highest BCUT2D eigenvalue weighted by molar-refractivity contribution is 6.27. The lowest BCUT2D eigenvalue weighted by Crippen LogP contribution is -2.14. The molecular weight excluding hydrogens is 1920 g/mol. The van der Waals surface area contributed by atoms with Crippen molar-refractivity contribution in [3.63, 3.8) is 0 Å². The Morgan fingerprint density at radius 1 is 0.193 bits per heavy atom. The lowest BCUT2D eigenvalue weighted by Gasteiger charge is -2.19. The van der Waals surface area contributed by atoms with Crippen molar-refractivity contribution in [2.24, 2.45) is 35.5 Å². The van der Waals surface area contributed by atoms with Gasteiger partial charge in [0.2, 0.25) is 0 Å². The monoisotopic (exact) mass is 2050 g/mol. The second kappa shape index (κ2) is 61.5. The number of esters is 12. The maximum Gasteiger partial charge on any atom is 0.343 e. The second-order valence-electron chi connectivity index (χ2n) is 36.6. The van der Waals surface area contributed by atoms with Crippen molar-refractivity contribution in [2.75, 3.05) is 79.3 Å². The highest BCUT2D eigenvalue weighted by Crippen LogP contribution is 2.49. The zero-order chi connectivity index (χ0) is 108. The molecule has 0 N–H and O–H groups in total. The van der Waals surface area contributed by atoms with E-state index in [2.05, 4.69) is 81.0 Å². The number of ether oxygens (including phenoxy) is 18. The van der Waals surface area contributed by atoms with Gasteiger partial charge in [0.15, 0.2) is 34.5 Å². The van der Waals surface area contributed by atoms with Gasteiger partial charge in [0.1, 0.15) is 34.5 Å². The van der Waals surface area contributed by atoms with Crippen LogP contribution >= 0.6 is 0 Å². The smallest absolute Gasteiger partial charge is 0.343 e. The van der Waals surface area contributed by atoms with E-state index in [1.165, 1.54) is 109 Å². The largest absolute Gasteiger partial charge is 0.494 e. The van der Waals surface area contributed by atoms with Crippen LogP contribution in [0, 0.1) is 35.5 Å². The summed E-state index contributed by atoms with van der Waals surface area (Å²) in [6, 6.07) is 45.5. The van der Waals surface area contributed by atoms with Gasteiger partial charge in [-0.2, -0.15) is 0 Å². The van der Waals surface area contributed by atoms with Crippen LogP contribution < -0.4 is 56.8 Å². The summed E-state index contributed by atoms with van der Waals surface area (Å²) in [6.45, 7) is 36.3. The molecule has 5 unspecified atom stereocenters. The van der Waals surface area contributed by atoms with E-state index in [1.807, 2.05) is 0 Å². The first kappa shape index (κ1) is 116. The Bertz CT molecular complexity index is 5270. The fourth-order valence-electron chi connectivity index (χ4n) is 15.7. The summed E-state index contributed by atoms with van der Waals surface area (Å²) in [5.74, 6) is -7.05. The number of hydrogen-bond donors (Lipinski definition) is 0. The van der Waals surface area contributed by atoms with Crippen molar-refractivity contribution < 1.29 is 143 Å². The van der Waals surface area contributed by atoms with Crippen LogP contribution in [-0.4, -0.2) is 151 Å². The van der Waals surface area contributed by atoms with Crippen LogP contribution in [0.25, 0.3) is 32.3 Å². The Kier molecular flexibility index (Phi) is 47.4. The molecule has 6 atom stereocenters. The molecule has 0 fully saturated rings. The van der Waals surface area contributed by atoms with Crippen molar-refractivity contribution in [1.82, 2.24) is 0 Å². The van der Waals surface area contributed by atoms with Crippen molar-refractivity contribution >= 4 is 104 Å². The van der Waals surface area contributed by atoms with Gasteiger partial charge in [-0.15, -0.1) is 0 Å². The average molecular weight is 2050 g/mol. The van der Waals surface area contributed by atoms with Gasteiger partial charge in [0.05, 0.1) is 113 Å². The van der Waals surface area contributed by atoms with Gasteiger partial charge in [-0.05, 0) is 365 Å². The molecule has 792 valence electrons. The van der Waals surface area contributed by atoms with E-state index in [4.69, 9.17) is 85.3 Å². The number of benzene rings is 10. The minimum atomic E-state index is -0.943. The number of carbonyl (C=O) groups is 12. The molecular formula is C120H132O30. The fraction of sp³-hybridized carbons (Fsp3) is 0.350. The summed E-state index contributed by atoms with van der Waals surface area (Å²) in [7, 11) is 0. The van der Waals surface area contributed by atoms with E-state index in [9.17, 15) is 28.8 Å². The normalized spacial score (nSPS) is 12.1. The molecule has 0 saturated heterocycles. The maximum atomic E-state index is 15.1. The molecule has 0 aliphatic rings. The summed E-state index contributed by atoms with van der Waals surface area (Å²) in [6.07, 6.45) is 18.8. The van der Waals surface area contributed by atoms with Crippen LogP contribution in [0.5, 0.6) is 69.0 Å². The molecule has 30 heteroatoms. The van der Waals surface area contributed by atoms with Crippen LogP contribution in [0.4, 0.5) is 0 Å². The van der Waals surface area contributed by atoms with Gasteiger partial charge >= 0.3 is 71.6 Å². The molecule has 10 aromatic carbocycles. The first-order valence-corrected chi connectivity index (χ1v) is 50.5. The highest BCUT2D eigenvalue weighted by atomic mass is 16.6. The van der Waals surface area contributed by atoms with Crippen LogP contribution in [0.15, 0.2) is 258 Å². The predicted molar refractivity (Wildman–Crippen MR) is 565 cm³/mol. The molecule has 0 heterocycles. The summed E-state index contributed by atoms with van der Waals surface area (Å²) in [5, 5.41) is 0.963. The number of rotatable bonds is 66. The van der Waals surface area contributed by atoms with Crippen LogP contribution in [0.3, 0.4) is 0 Å². The Morgan fingerprint density at radius 3 is 0.440 bits per heavy atom. The number of hydrogen-bond acceptors (Lipinski definition) is 30. The molecule has 150 heavy (non-hydrogen) atoms. The van der Waals surface area contributed by atoms with Crippen molar-refractivity contribution in [1.29, 1.82) is 0 Å². The molecule has 0 aliphatic carbocycles. The molecule has 0 spiro atoms. The topological polar surface area (TPSA) is 371 Å². The minimum Gasteiger partial charge on any atom is -0.494 e. The average Bonchev–Trinajstić information content (AvgIpc) is 0.719. The Balaban J connectivity index is 1.12. The molecule has 0 saturated carbocycles. The molecule has 0 aromatic heterocycles. The van der Waals surface area contributed by atoms with E-state index < -0.39 is 71.6 Å². The van der Waals surface area contributed by atoms with Gasteiger partial charge in [0.25, 0.3) is 0 Å². The number of fused-ring (bicyclic) bond motifs is 6. The Hall–Kier alpha value is -16.1. The van der Waals surface area contributed by atoms with Crippen LogP contribution in [-0.2, 0) is 57.2 Å². The summed E-state index contributed by atoms with van der Waals surface area (Å²) < 4.78 is 107. The van der Waals surface area contributed by atoms with Crippen LogP contribution in [0.2, 0.25) is 0 Å². The zero-order valence-corrected chi connectivity index (χ0v) is 86.0. The Morgan fingerprint density at radius 2 is 0.320 bits per heavy atom.